The molecule has 0 atom stereocenters. The molecule has 20 bridgehead atoms. The fourth-order valence-electron chi connectivity index (χ4n) is 16.2. The number of allylic oxidation sites excluding steroid dienone is 4. The average Bonchev–Trinajstić information content (AvgIpc) is 1.62. The fourth-order valence-corrected chi connectivity index (χ4v) is 16.2. The summed E-state index contributed by atoms with van der Waals surface area (Å²) in [5, 5.41) is 0. The predicted octanol–water partition coefficient (Wildman–Crippen LogP) is 22.9. The third-order valence-electron chi connectivity index (χ3n) is 22.9. The van der Waals surface area contributed by atoms with Crippen molar-refractivity contribution >= 4 is 101 Å². The number of rotatable bonds is 26. The largest absolute Gasteiger partial charge is 0.355 e. The summed E-state index contributed by atoms with van der Waals surface area (Å²) < 4.78 is 0. The maximum atomic E-state index is 15.8. The molecule has 6 aliphatic heterocycles. The van der Waals surface area contributed by atoms with E-state index in [0.717, 1.165) is 226 Å². The first-order valence-corrected chi connectivity index (χ1v) is 39.3. The first-order valence-electron chi connectivity index (χ1n) is 39.3. The number of aromatic amines is 4. The van der Waals surface area contributed by atoms with Crippen molar-refractivity contribution < 1.29 is 9.59 Å². The van der Waals surface area contributed by atoms with Gasteiger partial charge >= 0.3 is 0 Å². The summed E-state index contributed by atoms with van der Waals surface area (Å²) >= 11 is 0. The molecule has 0 fully saturated rings. The van der Waals surface area contributed by atoms with Gasteiger partial charge in [0.1, 0.15) is 0 Å². The third-order valence-corrected chi connectivity index (χ3v) is 22.9. The van der Waals surface area contributed by atoms with Gasteiger partial charge < -0.3 is 29.7 Å². The minimum atomic E-state index is 0.110. The molecule has 12 nitrogen and oxygen atoms in total. The SMILES string of the molecule is CCCCCCc1c(C)c2cc3nc4cc5[nH]c(cc6nc(cc1[nH]2)C(C)=C6CCN(CCCC)C(=O)CC1=C(C)c2cc6[nH]c(cc7nc(cc8[nH]c(cc1n2)c(C)c8CCCCCC)C(C)=C7CC(=O)N(CCCC)CCC3=C4C)c(C)c6CCCCCC)c(C)c5CCCCCC. The van der Waals surface area contributed by atoms with E-state index in [1.807, 2.05) is 0 Å². The molecule has 100 heavy (non-hydrogen) atoms. The lowest BCUT2D eigenvalue weighted by atomic mass is 9.98. The summed E-state index contributed by atoms with van der Waals surface area (Å²) in [5.74, 6) is 0.220. The topological polar surface area (TPSA) is 155 Å². The zero-order valence-corrected chi connectivity index (χ0v) is 63.7. The van der Waals surface area contributed by atoms with Gasteiger partial charge in [0.05, 0.1) is 58.4 Å². The lowest BCUT2D eigenvalue weighted by molar-refractivity contribution is -0.130. The Labute approximate surface area is 598 Å². The molecule has 6 aromatic heterocycles. The van der Waals surface area contributed by atoms with Gasteiger partial charge in [0, 0.05) is 70.3 Å². The number of fused-ring (bicyclic) bond motifs is 8. The Hall–Kier alpha value is -7.86. The number of aromatic nitrogens is 8. The van der Waals surface area contributed by atoms with Crippen molar-refractivity contribution in [3.05, 3.63) is 139 Å². The van der Waals surface area contributed by atoms with Gasteiger partial charge in [-0.05, 0) is 270 Å². The summed E-state index contributed by atoms with van der Waals surface area (Å²) in [7, 11) is 0. The highest BCUT2D eigenvalue weighted by molar-refractivity contribution is 6.03. The zero-order valence-electron chi connectivity index (χ0n) is 63.7. The van der Waals surface area contributed by atoms with Crippen molar-refractivity contribution in [2.75, 3.05) is 26.2 Å². The lowest BCUT2D eigenvalue weighted by Gasteiger charge is -2.24. The second kappa shape index (κ2) is 33.7. The molecule has 0 saturated carbocycles. The van der Waals surface area contributed by atoms with Crippen LogP contribution in [0.2, 0.25) is 0 Å². The summed E-state index contributed by atoms with van der Waals surface area (Å²) in [5.41, 5.74) is 34.2. The molecule has 0 spiro atoms. The molecule has 532 valence electrons. The quantitative estimate of drug-likeness (QED) is 0.0396. The second-order valence-corrected chi connectivity index (χ2v) is 29.9. The molecule has 0 aromatic carbocycles. The summed E-state index contributed by atoms with van der Waals surface area (Å²) in [6.45, 7) is 33.9. The van der Waals surface area contributed by atoms with Crippen molar-refractivity contribution in [1.29, 1.82) is 0 Å². The predicted molar refractivity (Wildman–Crippen MR) is 424 cm³/mol. The zero-order chi connectivity index (χ0) is 70.7. The highest BCUT2D eigenvalue weighted by Gasteiger charge is 2.29. The Morgan fingerprint density at radius 1 is 0.300 bits per heavy atom. The van der Waals surface area contributed by atoms with Crippen molar-refractivity contribution in [1.82, 2.24) is 49.7 Å². The molecule has 12 rings (SSSR count). The van der Waals surface area contributed by atoms with Gasteiger partial charge in [-0.25, -0.2) is 19.9 Å². The molecule has 0 saturated heterocycles. The van der Waals surface area contributed by atoms with E-state index < -0.39 is 0 Å². The molecule has 0 unspecified atom stereocenters. The van der Waals surface area contributed by atoms with Crippen LogP contribution in [0, 0.1) is 27.7 Å². The average molecular weight is 1350 g/mol. The molecule has 0 aliphatic carbocycles. The third kappa shape index (κ3) is 16.2. The minimum absolute atomic E-state index is 0.110. The summed E-state index contributed by atoms with van der Waals surface area (Å²) in [4.78, 5) is 74.4. The molecule has 0 radical (unpaired) electrons. The molecule has 12 heteroatoms. The smallest absolute Gasteiger partial charge is 0.227 e. The lowest BCUT2D eigenvalue weighted by Crippen LogP contribution is -2.33. The van der Waals surface area contributed by atoms with Crippen molar-refractivity contribution in [2.24, 2.45) is 0 Å². The van der Waals surface area contributed by atoms with E-state index in [9.17, 15) is 0 Å². The highest BCUT2D eigenvalue weighted by Crippen LogP contribution is 2.41. The Kier molecular flexibility index (Phi) is 24.8. The molecule has 6 aromatic rings. The second-order valence-electron chi connectivity index (χ2n) is 29.9. The summed E-state index contributed by atoms with van der Waals surface area (Å²) in [6.07, 6.45) is 27.6. The maximum absolute atomic E-state index is 15.8. The van der Waals surface area contributed by atoms with Crippen LogP contribution < -0.4 is 0 Å². The van der Waals surface area contributed by atoms with Crippen LogP contribution in [0.4, 0.5) is 0 Å². The maximum Gasteiger partial charge on any atom is 0.227 e. The number of nitrogens with one attached hydrogen (secondary N) is 4. The van der Waals surface area contributed by atoms with Gasteiger partial charge in [0.25, 0.3) is 0 Å². The van der Waals surface area contributed by atoms with E-state index >= 15 is 9.59 Å². The fraction of sp³-hybridized carbons (Fsp3) is 0.523. The molecule has 12 heterocycles. The number of unbranched alkanes of at least 4 members (excludes halogenated alkanes) is 14. The van der Waals surface area contributed by atoms with Gasteiger partial charge in [-0.3, -0.25) is 9.59 Å². The van der Waals surface area contributed by atoms with Crippen LogP contribution in [0.1, 0.15) is 313 Å². The molecule has 4 N–H and O–H groups in total. The van der Waals surface area contributed by atoms with E-state index in [4.69, 9.17) is 19.9 Å². The molecule has 2 amide bonds. The van der Waals surface area contributed by atoms with Crippen LogP contribution >= 0.6 is 0 Å². The van der Waals surface area contributed by atoms with E-state index in [1.165, 1.54) is 107 Å². The van der Waals surface area contributed by atoms with Crippen LogP contribution in [0.5, 0.6) is 0 Å². The van der Waals surface area contributed by atoms with Crippen molar-refractivity contribution in [3.8, 4) is 0 Å². The van der Waals surface area contributed by atoms with Gasteiger partial charge in [-0.15, -0.1) is 0 Å². The number of aryl methyl sites for hydroxylation is 8. The molecular formula is C88H118N10O2. The Morgan fingerprint density at radius 2 is 0.540 bits per heavy atom. The number of hydrogen-bond donors (Lipinski definition) is 4. The van der Waals surface area contributed by atoms with E-state index in [1.54, 1.807) is 0 Å². The number of carbonyl (C=O) groups excluding carboxylic acids is 2. The van der Waals surface area contributed by atoms with Gasteiger partial charge in [-0.1, -0.05) is 131 Å². The van der Waals surface area contributed by atoms with Crippen molar-refractivity contribution in [3.63, 3.8) is 0 Å². The van der Waals surface area contributed by atoms with Crippen LogP contribution in [0.3, 0.4) is 0 Å². The number of amides is 2. The molecular weight excluding hydrogens is 1230 g/mol. The van der Waals surface area contributed by atoms with E-state index in [2.05, 4.69) is 175 Å². The minimum Gasteiger partial charge on any atom is -0.355 e. The van der Waals surface area contributed by atoms with E-state index in [0.29, 0.717) is 39.0 Å². The van der Waals surface area contributed by atoms with Crippen LogP contribution in [-0.2, 0) is 35.3 Å². The van der Waals surface area contributed by atoms with Gasteiger partial charge in [0.2, 0.25) is 11.8 Å². The number of carbonyl (C=O) groups is 2. The number of hydrogen-bond acceptors (Lipinski definition) is 6. The number of nitrogens with zero attached hydrogens (tertiary/aromatic N) is 6. The summed E-state index contributed by atoms with van der Waals surface area (Å²) in [6, 6.07) is 18.2. The Morgan fingerprint density at radius 3 is 0.800 bits per heavy atom. The number of H-pyrrole nitrogens is 4. The normalized spacial score (nSPS) is 14.9. The van der Waals surface area contributed by atoms with Crippen LogP contribution in [0.15, 0.2) is 48.5 Å². The van der Waals surface area contributed by atoms with Gasteiger partial charge in [0.15, 0.2) is 0 Å². The highest BCUT2D eigenvalue weighted by atomic mass is 16.2. The Balaban J connectivity index is 1.18. The van der Waals surface area contributed by atoms with Crippen LogP contribution in [0.25, 0.3) is 88.7 Å². The first kappa shape index (κ1) is 73.4. The standard InChI is InChI=1S/C88H118N10O2/c1-15-21-27-31-35-63-55(7)71-49-83-68-40-44-98(42-26-20-6)88(100)46-70-62(14)78-52-82-65(37-33-29-23-17-3)57(9)75(91-82)53-85-69(61(13)77(95-85)51-81-66(38-34-30-24-18-4)58(10)76(92-81)54-86(70)96-78)45-87(99)97(41-25-19-5)43-39-67-59(11)73(47-79(63)89-71)93-84(67)50-72-56(8)64(36-32-28-22-16-2)80(90-72)48-74(94-83)60(68)12/h47-54,89-92H,15-46H2,1-14H3. The Bertz CT molecular complexity index is 4220. The van der Waals surface area contributed by atoms with E-state index in [-0.39, 0.29) is 24.7 Å². The monoisotopic (exact) mass is 1350 g/mol. The molecule has 6 aliphatic rings. The van der Waals surface area contributed by atoms with Gasteiger partial charge in [-0.2, -0.15) is 0 Å². The van der Waals surface area contributed by atoms with Crippen molar-refractivity contribution in [2.45, 2.75) is 277 Å². The first-order chi connectivity index (χ1) is 48.5. The van der Waals surface area contributed by atoms with Crippen LogP contribution in [-0.4, -0.2) is 87.7 Å².